The van der Waals surface area contributed by atoms with Crippen LogP contribution in [0, 0.1) is 16.0 Å². The van der Waals surface area contributed by atoms with Crippen LogP contribution in [-0.4, -0.2) is 29.5 Å². The lowest BCUT2D eigenvalue weighted by molar-refractivity contribution is -0.384. The van der Waals surface area contributed by atoms with E-state index >= 15 is 0 Å². The Kier molecular flexibility index (Phi) is 4.77. The van der Waals surface area contributed by atoms with E-state index in [9.17, 15) is 10.1 Å². The third-order valence-electron chi connectivity index (χ3n) is 3.74. The van der Waals surface area contributed by atoms with Crippen LogP contribution < -0.4 is 0 Å². The summed E-state index contributed by atoms with van der Waals surface area (Å²) < 4.78 is 0. The fourth-order valence-electron chi connectivity index (χ4n) is 2.41. The van der Waals surface area contributed by atoms with Crippen LogP contribution in [0.25, 0.3) is 0 Å². The fraction of sp³-hybridized carbons (Fsp3) is 0.571. The van der Waals surface area contributed by atoms with Crippen LogP contribution >= 0.6 is 11.6 Å². The normalized spacial score (nSPS) is 19.3. The van der Waals surface area contributed by atoms with Gasteiger partial charge in [0.25, 0.3) is 5.69 Å². The van der Waals surface area contributed by atoms with E-state index < -0.39 is 0 Å². The molecule has 5 heteroatoms. The third-order valence-corrected chi connectivity index (χ3v) is 4.13. The highest BCUT2D eigenvalue weighted by Crippen LogP contribution is 2.27. The molecule has 0 saturated carbocycles. The highest BCUT2D eigenvalue weighted by atomic mass is 35.5. The summed E-state index contributed by atoms with van der Waals surface area (Å²) in [5, 5.41) is 10.6. The Bertz CT molecular complexity index is 445. The summed E-state index contributed by atoms with van der Waals surface area (Å²) in [4.78, 5) is 12.7. The molecule has 0 aromatic heterocycles. The molecule has 0 radical (unpaired) electrons. The van der Waals surface area contributed by atoms with Crippen LogP contribution in [0.1, 0.15) is 30.7 Å². The van der Waals surface area contributed by atoms with Crippen LogP contribution in [0.5, 0.6) is 0 Å². The highest BCUT2D eigenvalue weighted by Gasteiger charge is 2.20. The first-order valence-corrected chi connectivity index (χ1v) is 7.10. The average molecular weight is 283 g/mol. The zero-order valence-electron chi connectivity index (χ0n) is 11.1. The lowest BCUT2D eigenvalue weighted by Crippen LogP contribution is -2.35. The summed E-state index contributed by atoms with van der Waals surface area (Å²) in [6.45, 7) is 5.17. The number of rotatable bonds is 4. The number of benzene rings is 1. The van der Waals surface area contributed by atoms with Gasteiger partial charge in [0, 0.05) is 18.7 Å². The van der Waals surface area contributed by atoms with Crippen molar-refractivity contribution in [2.24, 2.45) is 5.92 Å². The van der Waals surface area contributed by atoms with Gasteiger partial charge in [-0.2, -0.15) is 0 Å². The van der Waals surface area contributed by atoms with Crippen LogP contribution in [0.4, 0.5) is 5.69 Å². The van der Waals surface area contributed by atoms with Crippen LogP contribution in [-0.2, 0) is 0 Å². The Morgan fingerprint density at radius 2 is 2.16 bits per heavy atom. The molecule has 1 saturated heterocycles. The first-order chi connectivity index (χ1) is 9.06. The van der Waals surface area contributed by atoms with Gasteiger partial charge in [-0.25, -0.2) is 0 Å². The molecule has 1 aliphatic rings. The summed E-state index contributed by atoms with van der Waals surface area (Å²) in [7, 11) is 0. The van der Waals surface area contributed by atoms with Gasteiger partial charge in [-0.15, -0.1) is 11.6 Å². The number of non-ortho nitro benzene ring substituents is 1. The van der Waals surface area contributed by atoms with E-state index in [2.05, 4.69) is 11.8 Å². The first-order valence-electron chi connectivity index (χ1n) is 6.67. The van der Waals surface area contributed by atoms with Crippen molar-refractivity contribution in [1.82, 2.24) is 4.90 Å². The standard InChI is InChI=1S/C14H19ClN2O2/c1-11-5-7-16(8-6-11)10-14(15)12-3-2-4-13(9-12)17(18)19/h2-4,9,11,14H,5-8,10H2,1H3. The zero-order chi connectivity index (χ0) is 13.8. The number of likely N-dealkylation sites (tertiary alicyclic amines) is 1. The topological polar surface area (TPSA) is 46.4 Å². The Morgan fingerprint density at radius 1 is 1.47 bits per heavy atom. The van der Waals surface area contributed by atoms with E-state index in [4.69, 9.17) is 11.6 Å². The molecule has 1 aromatic rings. The molecule has 19 heavy (non-hydrogen) atoms. The van der Waals surface area contributed by atoms with Gasteiger partial charge in [0.05, 0.1) is 10.3 Å². The van der Waals surface area contributed by atoms with E-state index in [0.717, 1.165) is 31.1 Å². The van der Waals surface area contributed by atoms with Crippen molar-refractivity contribution >= 4 is 17.3 Å². The smallest absolute Gasteiger partial charge is 0.269 e. The number of nitro groups is 1. The van der Waals surface area contributed by atoms with Crippen molar-refractivity contribution in [1.29, 1.82) is 0 Å². The zero-order valence-corrected chi connectivity index (χ0v) is 11.8. The molecule has 0 amide bonds. The van der Waals surface area contributed by atoms with Gasteiger partial charge >= 0.3 is 0 Å². The molecule has 2 rings (SSSR count). The van der Waals surface area contributed by atoms with Crippen molar-refractivity contribution in [3.8, 4) is 0 Å². The summed E-state index contributed by atoms with van der Waals surface area (Å²) in [6.07, 6.45) is 2.41. The summed E-state index contributed by atoms with van der Waals surface area (Å²) in [5.74, 6) is 0.794. The van der Waals surface area contributed by atoms with E-state index in [-0.39, 0.29) is 16.0 Å². The second-order valence-corrected chi connectivity index (χ2v) is 5.83. The molecule has 1 heterocycles. The second-order valence-electron chi connectivity index (χ2n) is 5.30. The number of hydrogen-bond acceptors (Lipinski definition) is 3. The fourth-order valence-corrected chi connectivity index (χ4v) is 2.74. The molecule has 1 unspecified atom stereocenters. The Hall–Kier alpha value is -1.13. The molecule has 0 aliphatic carbocycles. The third kappa shape index (κ3) is 3.91. The van der Waals surface area contributed by atoms with E-state index in [0.29, 0.717) is 0 Å². The van der Waals surface area contributed by atoms with Gasteiger partial charge in [0.15, 0.2) is 0 Å². The molecule has 0 N–H and O–H groups in total. The van der Waals surface area contributed by atoms with E-state index in [1.165, 1.54) is 18.9 Å². The minimum atomic E-state index is -0.379. The Labute approximate surface area is 118 Å². The van der Waals surface area contributed by atoms with Gasteiger partial charge in [-0.05, 0) is 37.4 Å². The number of halogens is 1. The minimum Gasteiger partial charge on any atom is -0.302 e. The monoisotopic (exact) mass is 282 g/mol. The maximum absolute atomic E-state index is 10.8. The second kappa shape index (κ2) is 6.35. The molecule has 1 aromatic carbocycles. The van der Waals surface area contributed by atoms with Gasteiger partial charge < -0.3 is 4.90 Å². The Balaban J connectivity index is 1.97. The summed E-state index contributed by atoms with van der Waals surface area (Å²) in [6, 6.07) is 6.62. The number of hydrogen-bond donors (Lipinski definition) is 0. The van der Waals surface area contributed by atoms with Crippen LogP contribution in [0.3, 0.4) is 0 Å². The first kappa shape index (κ1) is 14.3. The predicted molar refractivity (Wildman–Crippen MR) is 76.5 cm³/mol. The maximum atomic E-state index is 10.8. The lowest BCUT2D eigenvalue weighted by atomic mass is 9.99. The van der Waals surface area contributed by atoms with Gasteiger partial charge in [-0.1, -0.05) is 19.1 Å². The number of piperidine rings is 1. The average Bonchev–Trinajstić information content (AvgIpc) is 2.41. The lowest BCUT2D eigenvalue weighted by Gasteiger charge is -2.31. The molecular weight excluding hydrogens is 264 g/mol. The number of alkyl halides is 1. The highest BCUT2D eigenvalue weighted by molar-refractivity contribution is 6.21. The largest absolute Gasteiger partial charge is 0.302 e. The van der Waals surface area contributed by atoms with Crippen molar-refractivity contribution in [3.05, 3.63) is 39.9 Å². The number of nitro benzene ring substituents is 1. The minimum absolute atomic E-state index is 0.107. The van der Waals surface area contributed by atoms with E-state index in [1.54, 1.807) is 12.1 Å². The van der Waals surface area contributed by atoms with Gasteiger partial charge in [0.2, 0.25) is 0 Å². The molecule has 1 atom stereocenters. The maximum Gasteiger partial charge on any atom is 0.269 e. The molecule has 0 bridgehead atoms. The summed E-state index contributed by atoms with van der Waals surface area (Å²) >= 11 is 6.39. The van der Waals surface area contributed by atoms with Crippen molar-refractivity contribution < 1.29 is 4.92 Å². The van der Waals surface area contributed by atoms with Gasteiger partial charge in [0.1, 0.15) is 0 Å². The SMILES string of the molecule is CC1CCN(CC(Cl)c2cccc([N+](=O)[O-])c2)CC1. The summed E-state index contributed by atoms with van der Waals surface area (Å²) in [5.41, 5.74) is 0.935. The van der Waals surface area contributed by atoms with Crippen LogP contribution in [0.15, 0.2) is 24.3 Å². The molecular formula is C14H19ClN2O2. The van der Waals surface area contributed by atoms with Gasteiger partial charge in [-0.3, -0.25) is 10.1 Å². The number of nitrogens with zero attached hydrogens (tertiary/aromatic N) is 2. The molecule has 1 fully saturated rings. The predicted octanol–water partition coefficient (Wildman–Crippen LogP) is 3.61. The van der Waals surface area contributed by atoms with E-state index in [1.807, 2.05) is 6.07 Å². The van der Waals surface area contributed by atoms with Crippen molar-refractivity contribution in [2.45, 2.75) is 25.1 Å². The molecule has 104 valence electrons. The quantitative estimate of drug-likeness (QED) is 0.481. The molecule has 4 nitrogen and oxygen atoms in total. The Morgan fingerprint density at radius 3 is 2.79 bits per heavy atom. The molecule has 1 aliphatic heterocycles. The van der Waals surface area contributed by atoms with Crippen molar-refractivity contribution in [3.63, 3.8) is 0 Å². The van der Waals surface area contributed by atoms with Crippen molar-refractivity contribution in [2.75, 3.05) is 19.6 Å². The molecule has 0 spiro atoms. The van der Waals surface area contributed by atoms with Crippen LogP contribution in [0.2, 0.25) is 0 Å².